The minimum absolute atomic E-state index is 0.207. The molecule has 1 aromatic heterocycles. The van der Waals surface area contributed by atoms with Crippen LogP contribution in [0.15, 0.2) is 28.7 Å². The van der Waals surface area contributed by atoms with Crippen LogP contribution in [0, 0.1) is 5.92 Å². The Kier molecular flexibility index (Phi) is 3.89. The van der Waals surface area contributed by atoms with Crippen LogP contribution in [0.2, 0.25) is 0 Å². The molecule has 2 aromatic rings. The monoisotopic (exact) mass is 287 g/mol. The van der Waals surface area contributed by atoms with Crippen molar-refractivity contribution in [2.75, 3.05) is 26.0 Å². The number of fused-ring (bicyclic) bond motifs is 1. The van der Waals surface area contributed by atoms with Crippen LogP contribution in [0.1, 0.15) is 32.6 Å². The predicted molar refractivity (Wildman–Crippen MR) is 86.5 cm³/mol. The van der Waals surface area contributed by atoms with Gasteiger partial charge in [-0.15, -0.1) is 0 Å². The Labute approximate surface area is 126 Å². The van der Waals surface area contributed by atoms with E-state index in [2.05, 4.69) is 36.2 Å². The number of anilines is 1. The number of para-hydroxylation sites is 2. The summed E-state index contributed by atoms with van der Waals surface area (Å²) in [6, 6.07) is 8.53. The zero-order chi connectivity index (χ0) is 14.9. The lowest BCUT2D eigenvalue weighted by Crippen LogP contribution is -2.52. The van der Waals surface area contributed by atoms with Crippen LogP contribution in [0.25, 0.3) is 11.1 Å². The molecule has 0 saturated heterocycles. The number of oxazole rings is 1. The van der Waals surface area contributed by atoms with Gasteiger partial charge < -0.3 is 14.6 Å². The maximum Gasteiger partial charge on any atom is 0.295 e. The molecule has 0 spiro atoms. The van der Waals surface area contributed by atoms with Crippen LogP contribution in [0.4, 0.5) is 6.01 Å². The molecule has 1 N–H and O–H groups in total. The summed E-state index contributed by atoms with van der Waals surface area (Å²) in [5.41, 5.74) is 1.96. The second-order valence-electron chi connectivity index (χ2n) is 6.66. The van der Waals surface area contributed by atoms with Gasteiger partial charge in [0.05, 0.1) is 0 Å². The van der Waals surface area contributed by atoms with E-state index in [9.17, 15) is 0 Å². The summed E-state index contributed by atoms with van der Waals surface area (Å²) >= 11 is 0. The lowest BCUT2D eigenvalue weighted by molar-refractivity contribution is 0.0877. The summed E-state index contributed by atoms with van der Waals surface area (Å²) in [6.45, 7) is 3.24. The van der Waals surface area contributed by atoms with Gasteiger partial charge in [-0.05, 0) is 45.0 Å². The molecule has 1 fully saturated rings. The first-order valence-corrected chi connectivity index (χ1v) is 7.86. The molecule has 1 aromatic carbocycles. The number of nitrogens with one attached hydrogen (secondary N) is 1. The van der Waals surface area contributed by atoms with Crippen molar-refractivity contribution < 1.29 is 4.42 Å². The normalized spacial score (nSPS) is 26.4. The lowest BCUT2D eigenvalue weighted by Gasteiger charge is -2.45. The zero-order valence-electron chi connectivity index (χ0n) is 13.2. The summed E-state index contributed by atoms with van der Waals surface area (Å²) in [5, 5.41) is 3.43. The van der Waals surface area contributed by atoms with Gasteiger partial charge in [-0.2, -0.15) is 4.98 Å². The fraction of sp³-hybridized carbons (Fsp3) is 0.588. The highest BCUT2D eigenvalue weighted by atomic mass is 16.4. The molecule has 114 valence electrons. The molecule has 1 aliphatic carbocycles. The van der Waals surface area contributed by atoms with Crippen molar-refractivity contribution in [2.24, 2.45) is 5.92 Å². The fourth-order valence-electron chi connectivity index (χ4n) is 3.55. The standard InChI is InChI=1S/C17H25N3O/c1-13-7-6-10-17(11-13,20(2)3)12-18-16-19-14-8-4-5-9-15(14)21-16/h4-5,8-9,13H,6-7,10-12H2,1-3H3,(H,18,19). The molecule has 4 heteroatoms. The van der Waals surface area contributed by atoms with Crippen LogP contribution in [0.3, 0.4) is 0 Å². The van der Waals surface area contributed by atoms with Crippen molar-refractivity contribution in [2.45, 2.75) is 38.1 Å². The van der Waals surface area contributed by atoms with Crippen molar-refractivity contribution in [3.05, 3.63) is 24.3 Å². The topological polar surface area (TPSA) is 41.3 Å². The number of rotatable bonds is 4. The van der Waals surface area contributed by atoms with Crippen molar-refractivity contribution in [1.82, 2.24) is 9.88 Å². The Balaban J connectivity index is 1.74. The van der Waals surface area contributed by atoms with Gasteiger partial charge in [-0.25, -0.2) is 0 Å². The SMILES string of the molecule is CC1CCCC(CNc2nc3ccccc3o2)(N(C)C)C1. The highest BCUT2D eigenvalue weighted by molar-refractivity contribution is 5.74. The van der Waals surface area contributed by atoms with Gasteiger partial charge in [0.1, 0.15) is 5.52 Å². The lowest BCUT2D eigenvalue weighted by atomic mass is 9.75. The van der Waals surface area contributed by atoms with Gasteiger partial charge >= 0.3 is 0 Å². The van der Waals surface area contributed by atoms with Crippen molar-refractivity contribution in [3.63, 3.8) is 0 Å². The first-order valence-electron chi connectivity index (χ1n) is 7.86. The van der Waals surface area contributed by atoms with E-state index in [1.807, 2.05) is 24.3 Å². The van der Waals surface area contributed by atoms with E-state index in [1.54, 1.807) is 0 Å². The number of hydrogen-bond acceptors (Lipinski definition) is 4. The molecular weight excluding hydrogens is 262 g/mol. The summed E-state index contributed by atoms with van der Waals surface area (Å²) in [4.78, 5) is 6.88. The van der Waals surface area contributed by atoms with E-state index >= 15 is 0 Å². The Hall–Kier alpha value is -1.55. The van der Waals surface area contributed by atoms with Crippen molar-refractivity contribution in [1.29, 1.82) is 0 Å². The molecule has 4 nitrogen and oxygen atoms in total. The second-order valence-corrected chi connectivity index (χ2v) is 6.66. The van der Waals surface area contributed by atoms with Gasteiger partial charge in [0.2, 0.25) is 0 Å². The number of aromatic nitrogens is 1. The smallest absolute Gasteiger partial charge is 0.295 e. The molecule has 0 bridgehead atoms. The summed E-state index contributed by atoms with van der Waals surface area (Å²) in [5.74, 6) is 0.784. The minimum atomic E-state index is 0.207. The Morgan fingerprint density at radius 3 is 2.90 bits per heavy atom. The highest BCUT2D eigenvalue weighted by Gasteiger charge is 2.37. The molecule has 0 radical (unpaired) electrons. The molecule has 1 aliphatic rings. The molecule has 0 aliphatic heterocycles. The van der Waals surface area contributed by atoms with Crippen LogP contribution >= 0.6 is 0 Å². The van der Waals surface area contributed by atoms with Gasteiger partial charge in [0.25, 0.3) is 6.01 Å². The Morgan fingerprint density at radius 2 is 2.19 bits per heavy atom. The molecule has 21 heavy (non-hydrogen) atoms. The number of hydrogen-bond donors (Lipinski definition) is 1. The predicted octanol–water partition coefficient (Wildman–Crippen LogP) is 3.75. The molecule has 2 atom stereocenters. The third-order valence-corrected chi connectivity index (χ3v) is 4.88. The average Bonchev–Trinajstić information content (AvgIpc) is 2.88. The molecular formula is C17H25N3O. The van der Waals surface area contributed by atoms with Crippen molar-refractivity contribution in [3.8, 4) is 0 Å². The van der Waals surface area contributed by atoms with E-state index in [1.165, 1.54) is 25.7 Å². The van der Waals surface area contributed by atoms with E-state index in [-0.39, 0.29) is 5.54 Å². The van der Waals surface area contributed by atoms with Gasteiger partial charge in [0, 0.05) is 12.1 Å². The Bertz CT molecular complexity index is 574. The van der Waals surface area contributed by atoms with E-state index in [0.717, 1.165) is 23.6 Å². The Morgan fingerprint density at radius 1 is 1.38 bits per heavy atom. The van der Waals surface area contributed by atoms with Gasteiger partial charge in [-0.1, -0.05) is 31.9 Å². The number of likely N-dealkylation sites (N-methyl/N-ethyl adjacent to an activating group) is 1. The maximum absolute atomic E-state index is 5.77. The zero-order valence-corrected chi connectivity index (χ0v) is 13.2. The minimum Gasteiger partial charge on any atom is -0.424 e. The second kappa shape index (κ2) is 5.68. The van der Waals surface area contributed by atoms with E-state index in [4.69, 9.17) is 4.42 Å². The summed E-state index contributed by atoms with van der Waals surface area (Å²) < 4.78 is 5.77. The first-order chi connectivity index (χ1) is 10.1. The number of nitrogens with zero attached hydrogens (tertiary/aromatic N) is 2. The van der Waals surface area contributed by atoms with E-state index < -0.39 is 0 Å². The summed E-state index contributed by atoms with van der Waals surface area (Å²) in [6.07, 6.45) is 5.11. The third kappa shape index (κ3) is 2.91. The third-order valence-electron chi connectivity index (χ3n) is 4.88. The van der Waals surface area contributed by atoms with Crippen LogP contribution in [-0.2, 0) is 0 Å². The van der Waals surface area contributed by atoms with Crippen LogP contribution < -0.4 is 5.32 Å². The van der Waals surface area contributed by atoms with Gasteiger partial charge in [-0.3, -0.25) is 0 Å². The molecule has 1 heterocycles. The van der Waals surface area contributed by atoms with Crippen LogP contribution in [-0.4, -0.2) is 36.1 Å². The molecule has 3 rings (SSSR count). The number of benzene rings is 1. The van der Waals surface area contributed by atoms with E-state index in [0.29, 0.717) is 6.01 Å². The molecule has 1 saturated carbocycles. The largest absolute Gasteiger partial charge is 0.424 e. The molecule has 0 amide bonds. The fourth-order valence-corrected chi connectivity index (χ4v) is 3.55. The summed E-state index contributed by atoms with van der Waals surface area (Å²) in [7, 11) is 4.37. The average molecular weight is 287 g/mol. The first kappa shape index (κ1) is 14.4. The van der Waals surface area contributed by atoms with Gasteiger partial charge in [0.15, 0.2) is 5.58 Å². The van der Waals surface area contributed by atoms with Crippen LogP contribution in [0.5, 0.6) is 0 Å². The molecule has 2 unspecified atom stereocenters. The van der Waals surface area contributed by atoms with Crippen molar-refractivity contribution >= 4 is 17.1 Å². The maximum atomic E-state index is 5.77. The highest BCUT2D eigenvalue weighted by Crippen LogP contribution is 2.36. The quantitative estimate of drug-likeness (QED) is 0.930.